The number of ether oxygens (including phenoxy) is 2. The van der Waals surface area contributed by atoms with E-state index in [2.05, 4.69) is 55.6 Å². The van der Waals surface area contributed by atoms with Crippen molar-refractivity contribution < 1.29 is 28.7 Å². The van der Waals surface area contributed by atoms with E-state index in [0.717, 1.165) is 64.4 Å². The molecular weight excluding hydrogens is 861 g/mol. The van der Waals surface area contributed by atoms with E-state index >= 15 is 0 Å². The molecule has 4 aliphatic rings. The number of fused-ring (bicyclic) bond motifs is 1. The Labute approximate surface area is 394 Å². The van der Waals surface area contributed by atoms with Crippen molar-refractivity contribution >= 4 is 34.6 Å². The summed E-state index contributed by atoms with van der Waals surface area (Å²) in [5.74, 6) is 7.54. The third kappa shape index (κ3) is 9.67. The number of imidazole rings is 2. The Morgan fingerprint density at radius 1 is 0.588 bits per heavy atom. The van der Waals surface area contributed by atoms with E-state index in [-0.39, 0.29) is 36.0 Å². The van der Waals surface area contributed by atoms with Crippen molar-refractivity contribution in [2.75, 3.05) is 65.7 Å². The normalized spacial score (nSPS) is 19.3. The van der Waals surface area contributed by atoms with E-state index < -0.39 is 12.1 Å². The van der Waals surface area contributed by atoms with Crippen LogP contribution in [0.5, 0.6) is 0 Å². The van der Waals surface area contributed by atoms with Gasteiger partial charge in [0.25, 0.3) is 0 Å². The molecule has 16 nitrogen and oxygen atoms in total. The van der Waals surface area contributed by atoms with E-state index in [4.69, 9.17) is 14.5 Å². The van der Waals surface area contributed by atoms with Crippen molar-refractivity contribution in [3.05, 3.63) is 143 Å². The number of H-pyrrole nitrogens is 2. The molecule has 4 fully saturated rings. The molecule has 6 amide bonds. The van der Waals surface area contributed by atoms with Crippen LogP contribution in [0.3, 0.4) is 0 Å². The Bertz CT molecular complexity index is 2830. The maximum atomic E-state index is 14.3. The maximum Gasteiger partial charge on any atom is 0.318 e. The first-order chi connectivity index (χ1) is 33.4. The average Bonchev–Trinajstić information content (AvgIpc) is 4.25. The highest BCUT2D eigenvalue weighted by Gasteiger charge is 2.39. The molecule has 0 aliphatic carbocycles. The lowest BCUT2D eigenvalue weighted by Crippen LogP contribution is -2.50. The van der Waals surface area contributed by atoms with E-state index in [0.29, 0.717) is 83.0 Å². The average molecular weight is 915 g/mol. The van der Waals surface area contributed by atoms with Crippen LogP contribution in [-0.4, -0.2) is 129 Å². The second-order valence-electron chi connectivity index (χ2n) is 17.6. The van der Waals surface area contributed by atoms with Crippen molar-refractivity contribution in [1.82, 2.24) is 50.2 Å². The Morgan fingerprint density at radius 3 is 1.68 bits per heavy atom. The van der Waals surface area contributed by atoms with Crippen molar-refractivity contribution in [3.63, 3.8) is 0 Å². The van der Waals surface area contributed by atoms with Gasteiger partial charge in [0.2, 0.25) is 11.8 Å². The summed E-state index contributed by atoms with van der Waals surface area (Å²) in [6.45, 7) is 4.90. The van der Waals surface area contributed by atoms with E-state index in [1.165, 1.54) is 0 Å². The number of benzene rings is 4. The smallest absolute Gasteiger partial charge is 0.318 e. The largest absolute Gasteiger partial charge is 0.378 e. The maximum absolute atomic E-state index is 14.3. The highest BCUT2D eigenvalue weighted by molar-refractivity contribution is 5.90. The van der Waals surface area contributed by atoms with Crippen LogP contribution in [0.25, 0.3) is 22.0 Å². The van der Waals surface area contributed by atoms with Crippen LogP contribution in [0, 0.1) is 11.8 Å². The van der Waals surface area contributed by atoms with Crippen LogP contribution >= 0.6 is 0 Å². The zero-order valence-corrected chi connectivity index (χ0v) is 37.7. The van der Waals surface area contributed by atoms with E-state index in [1.54, 1.807) is 16.0 Å². The number of hydrogen-bond acceptors (Lipinski definition) is 8. The van der Waals surface area contributed by atoms with E-state index in [1.807, 2.05) is 94.9 Å². The Kier molecular flexibility index (Phi) is 13.2. The highest BCUT2D eigenvalue weighted by Crippen LogP contribution is 2.36. The second kappa shape index (κ2) is 20.2. The molecule has 4 unspecified atom stereocenters. The zero-order valence-electron chi connectivity index (χ0n) is 37.7. The van der Waals surface area contributed by atoms with Gasteiger partial charge in [0.15, 0.2) is 0 Å². The zero-order chi connectivity index (χ0) is 46.4. The molecule has 0 saturated carbocycles. The molecule has 4 aliphatic heterocycles. The van der Waals surface area contributed by atoms with Gasteiger partial charge in [-0.1, -0.05) is 84.8 Å². The van der Waals surface area contributed by atoms with Crippen molar-refractivity contribution in [2.45, 2.75) is 49.9 Å². The highest BCUT2D eigenvalue weighted by atomic mass is 16.5. The molecule has 6 heterocycles. The van der Waals surface area contributed by atoms with Gasteiger partial charge in [-0.3, -0.25) is 9.59 Å². The number of carbonyl (C=O) groups is 4. The summed E-state index contributed by atoms with van der Waals surface area (Å²) in [5, 5.41) is 8.10. The molecule has 4 aromatic carbocycles. The molecule has 0 bridgehead atoms. The van der Waals surface area contributed by atoms with Gasteiger partial charge in [0.05, 0.1) is 56.6 Å². The molecule has 68 heavy (non-hydrogen) atoms. The first-order valence-electron chi connectivity index (χ1n) is 23.5. The van der Waals surface area contributed by atoms with Crippen LogP contribution in [0.2, 0.25) is 0 Å². The van der Waals surface area contributed by atoms with Gasteiger partial charge < -0.3 is 49.7 Å². The number of rotatable bonds is 9. The molecule has 2 aromatic heterocycles. The van der Waals surface area contributed by atoms with Crippen LogP contribution < -0.4 is 10.6 Å². The molecule has 4 saturated heterocycles. The molecule has 0 spiro atoms. The van der Waals surface area contributed by atoms with Gasteiger partial charge in [0, 0.05) is 50.4 Å². The van der Waals surface area contributed by atoms with E-state index in [9.17, 15) is 19.2 Å². The van der Waals surface area contributed by atoms with Gasteiger partial charge in [0.1, 0.15) is 29.4 Å². The standard InChI is InChI=1S/C52H54N10O6/c63-49(45(36-9-3-1-4-10-36)57-51(65)59-23-27-67-28-24-59)61-21-7-13-43(61)47-53-33-41(55-47)20-16-35-15-17-39-32-40(19-18-38(39)31-35)42-34-54-48(56-42)44-14-8-22-62(44)50(64)46(37-11-5-2-6-12-37)58-52(66)60-25-29-68-30-26-60/h1-6,9-12,15,17-19,31-34,43-46H,7-8,13-14,21-30H2,(H,53,55)(H,54,56)(H,57,65)(H,58,66). The minimum Gasteiger partial charge on any atom is -0.378 e. The third-order valence-corrected chi connectivity index (χ3v) is 13.3. The molecule has 10 rings (SSSR count). The molecule has 4 atom stereocenters. The summed E-state index contributed by atoms with van der Waals surface area (Å²) >= 11 is 0. The van der Waals surface area contributed by atoms with Crippen LogP contribution in [0.1, 0.15) is 83.9 Å². The summed E-state index contributed by atoms with van der Waals surface area (Å²) < 4.78 is 10.9. The quantitative estimate of drug-likeness (QED) is 0.123. The molecule has 6 aromatic rings. The lowest BCUT2D eigenvalue weighted by atomic mass is 10.0. The minimum absolute atomic E-state index is 0.163. The first-order valence-corrected chi connectivity index (χ1v) is 23.5. The number of morpholine rings is 2. The number of nitrogens with zero attached hydrogens (tertiary/aromatic N) is 6. The number of aromatic nitrogens is 4. The fourth-order valence-electron chi connectivity index (χ4n) is 9.64. The van der Waals surface area contributed by atoms with Crippen molar-refractivity contribution in [2.24, 2.45) is 0 Å². The van der Waals surface area contributed by atoms with Gasteiger partial charge in [-0.25, -0.2) is 19.6 Å². The molecular formula is C52H54N10O6. The molecule has 0 radical (unpaired) electrons. The Balaban J connectivity index is 0.804. The number of nitrogens with one attached hydrogen (secondary N) is 4. The third-order valence-electron chi connectivity index (χ3n) is 13.3. The number of aromatic amines is 2. The monoisotopic (exact) mass is 914 g/mol. The topological polar surface area (TPSA) is 181 Å². The van der Waals surface area contributed by atoms with Crippen LogP contribution in [-0.2, 0) is 19.1 Å². The minimum atomic E-state index is -0.843. The second-order valence-corrected chi connectivity index (χ2v) is 17.6. The predicted octanol–water partition coefficient (Wildman–Crippen LogP) is 6.25. The van der Waals surface area contributed by atoms with Gasteiger partial charge >= 0.3 is 12.1 Å². The number of urea groups is 2. The number of carbonyl (C=O) groups excluding carboxylic acids is 4. The van der Waals surface area contributed by atoms with Crippen molar-refractivity contribution in [1.29, 1.82) is 0 Å². The number of amides is 6. The lowest BCUT2D eigenvalue weighted by molar-refractivity contribution is -0.135. The Morgan fingerprint density at radius 2 is 1.10 bits per heavy atom. The summed E-state index contributed by atoms with van der Waals surface area (Å²) in [7, 11) is 0. The molecule has 16 heteroatoms. The van der Waals surface area contributed by atoms with Crippen LogP contribution in [0.15, 0.2) is 109 Å². The summed E-state index contributed by atoms with van der Waals surface area (Å²) in [5.41, 5.74) is 4.74. The van der Waals surface area contributed by atoms with Gasteiger partial charge in [-0.2, -0.15) is 0 Å². The summed E-state index contributed by atoms with van der Waals surface area (Å²) in [6, 6.07) is 28.3. The molecule has 348 valence electrons. The first kappa shape index (κ1) is 44.4. The number of likely N-dealkylation sites (tertiary alicyclic amines) is 2. The summed E-state index contributed by atoms with van der Waals surface area (Å²) in [6.07, 6.45) is 6.65. The SMILES string of the molecule is O=C(NC(C(=O)N1CCCC1c1ncc(C#Cc2ccc3cc(-c4cnc(C5CCCN5C(=O)C(NC(=O)N5CCOCC5)c5ccccc5)[nH]4)ccc3c2)[nH]1)c1ccccc1)N1CCOCC1. The fourth-order valence-corrected chi connectivity index (χ4v) is 9.64. The molecule has 4 N–H and O–H groups in total. The summed E-state index contributed by atoms with van der Waals surface area (Å²) in [4.78, 5) is 78.6. The van der Waals surface area contributed by atoms with Gasteiger partial charge in [-0.05, 0) is 71.7 Å². The number of hydrogen-bond donors (Lipinski definition) is 4. The predicted molar refractivity (Wildman–Crippen MR) is 254 cm³/mol. The van der Waals surface area contributed by atoms with Crippen molar-refractivity contribution in [3.8, 4) is 23.1 Å². The fraction of sp³-hybridized carbons (Fsp3) is 0.346. The Hall–Kier alpha value is -7.48. The lowest BCUT2D eigenvalue weighted by Gasteiger charge is -2.32. The van der Waals surface area contributed by atoms with Crippen LogP contribution in [0.4, 0.5) is 9.59 Å². The van der Waals surface area contributed by atoms with Gasteiger partial charge in [-0.15, -0.1) is 0 Å².